The molecule has 0 saturated carbocycles. The standard InChI is InChI=1S/C16H18N6S/c1-10-11(2)23-16(20-10)21-14-13(17)15(19-9-18-14)22(3)12-7-5-4-6-8-12/h4-9H,17H2,1-3H3,(H,18,19,20,21). The van der Waals surface area contributed by atoms with Crippen LogP contribution < -0.4 is 16.0 Å². The molecule has 0 unspecified atom stereocenters. The third kappa shape index (κ3) is 3.09. The first-order chi connectivity index (χ1) is 11.1. The molecule has 0 aliphatic rings. The van der Waals surface area contributed by atoms with Crippen LogP contribution in [0.2, 0.25) is 0 Å². The lowest BCUT2D eigenvalue weighted by atomic mass is 10.3. The molecule has 1 aromatic carbocycles. The van der Waals surface area contributed by atoms with Crippen molar-refractivity contribution < 1.29 is 0 Å². The van der Waals surface area contributed by atoms with E-state index in [4.69, 9.17) is 5.73 Å². The van der Waals surface area contributed by atoms with Gasteiger partial charge in [0.15, 0.2) is 16.8 Å². The molecule has 6 nitrogen and oxygen atoms in total. The fourth-order valence-corrected chi connectivity index (χ4v) is 2.97. The minimum Gasteiger partial charge on any atom is -0.393 e. The second-order valence-corrected chi connectivity index (χ2v) is 6.34. The van der Waals surface area contributed by atoms with Crippen LogP contribution in [0, 0.1) is 13.8 Å². The number of rotatable bonds is 4. The van der Waals surface area contributed by atoms with E-state index in [1.807, 2.05) is 56.1 Å². The zero-order valence-corrected chi connectivity index (χ0v) is 14.1. The van der Waals surface area contributed by atoms with Crippen LogP contribution in [0.25, 0.3) is 0 Å². The molecule has 3 aromatic rings. The Morgan fingerprint density at radius 2 is 1.87 bits per heavy atom. The van der Waals surface area contributed by atoms with Gasteiger partial charge in [-0.1, -0.05) is 18.2 Å². The Labute approximate surface area is 139 Å². The molecule has 0 radical (unpaired) electrons. The lowest BCUT2D eigenvalue weighted by molar-refractivity contribution is 1.08. The van der Waals surface area contributed by atoms with Crippen LogP contribution in [-0.4, -0.2) is 22.0 Å². The Morgan fingerprint density at radius 3 is 2.52 bits per heavy atom. The summed E-state index contributed by atoms with van der Waals surface area (Å²) in [5.74, 6) is 1.21. The van der Waals surface area contributed by atoms with Gasteiger partial charge in [0.05, 0.1) is 5.69 Å². The number of benzene rings is 1. The number of nitrogens with two attached hydrogens (primary N) is 1. The molecular weight excluding hydrogens is 308 g/mol. The van der Waals surface area contributed by atoms with Crippen molar-refractivity contribution in [2.45, 2.75) is 13.8 Å². The minimum absolute atomic E-state index is 0.490. The maximum atomic E-state index is 6.26. The molecule has 3 N–H and O–H groups in total. The number of nitrogens with one attached hydrogen (secondary N) is 1. The lowest BCUT2D eigenvalue weighted by Crippen LogP contribution is -2.15. The summed E-state index contributed by atoms with van der Waals surface area (Å²) in [7, 11) is 1.93. The number of thiazole rings is 1. The van der Waals surface area contributed by atoms with Gasteiger partial charge in [0, 0.05) is 17.6 Å². The summed E-state index contributed by atoms with van der Waals surface area (Å²) in [6, 6.07) is 9.93. The third-order valence-corrected chi connectivity index (χ3v) is 4.57. The Balaban J connectivity index is 1.92. The predicted octanol–water partition coefficient (Wildman–Crippen LogP) is 3.64. The van der Waals surface area contributed by atoms with Crippen molar-refractivity contribution in [3.63, 3.8) is 0 Å². The molecule has 0 bridgehead atoms. The van der Waals surface area contributed by atoms with Crippen LogP contribution in [0.4, 0.5) is 28.1 Å². The number of anilines is 5. The van der Waals surface area contributed by atoms with Crippen LogP contribution in [0.1, 0.15) is 10.6 Å². The Hall–Kier alpha value is -2.67. The second-order valence-electron chi connectivity index (χ2n) is 5.14. The van der Waals surface area contributed by atoms with E-state index in [2.05, 4.69) is 20.3 Å². The molecule has 0 spiro atoms. The van der Waals surface area contributed by atoms with Gasteiger partial charge in [-0.15, -0.1) is 11.3 Å². The largest absolute Gasteiger partial charge is 0.393 e. The summed E-state index contributed by atoms with van der Waals surface area (Å²) >= 11 is 1.58. The highest BCUT2D eigenvalue weighted by molar-refractivity contribution is 7.15. The van der Waals surface area contributed by atoms with E-state index < -0.39 is 0 Å². The molecule has 0 aliphatic carbocycles. The number of nitrogen functional groups attached to an aromatic ring is 1. The van der Waals surface area contributed by atoms with E-state index in [9.17, 15) is 0 Å². The molecule has 23 heavy (non-hydrogen) atoms. The molecule has 2 heterocycles. The number of hydrogen-bond acceptors (Lipinski definition) is 7. The van der Waals surface area contributed by atoms with Crippen molar-refractivity contribution in [1.82, 2.24) is 15.0 Å². The van der Waals surface area contributed by atoms with Crippen molar-refractivity contribution in [3.05, 3.63) is 47.2 Å². The van der Waals surface area contributed by atoms with Crippen molar-refractivity contribution >= 4 is 39.5 Å². The maximum absolute atomic E-state index is 6.26. The molecule has 118 valence electrons. The topological polar surface area (TPSA) is 80.0 Å². The highest BCUT2D eigenvalue weighted by Crippen LogP contribution is 2.33. The fourth-order valence-electron chi connectivity index (χ4n) is 2.15. The Bertz CT molecular complexity index is 795. The van der Waals surface area contributed by atoms with E-state index in [1.165, 1.54) is 11.2 Å². The van der Waals surface area contributed by atoms with Crippen molar-refractivity contribution in [2.75, 3.05) is 23.0 Å². The highest BCUT2D eigenvalue weighted by Gasteiger charge is 2.14. The van der Waals surface area contributed by atoms with E-state index in [1.54, 1.807) is 11.3 Å². The first kappa shape index (κ1) is 15.2. The summed E-state index contributed by atoms with van der Waals surface area (Å²) in [4.78, 5) is 16.1. The number of hydrogen-bond donors (Lipinski definition) is 2. The predicted molar refractivity (Wildman–Crippen MR) is 95.8 cm³/mol. The van der Waals surface area contributed by atoms with Gasteiger partial charge >= 0.3 is 0 Å². The number of aromatic nitrogens is 3. The summed E-state index contributed by atoms with van der Waals surface area (Å²) in [5, 5.41) is 3.96. The lowest BCUT2D eigenvalue weighted by Gasteiger charge is -2.20. The molecule has 0 fully saturated rings. The molecule has 0 atom stereocenters. The van der Waals surface area contributed by atoms with Crippen LogP contribution in [0.5, 0.6) is 0 Å². The van der Waals surface area contributed by atoms with Crippen molar-refractivity contribution in [3.8, 4) is 0 Å². The van der Waals surface area contributed by atoms with Gasteiger partial charge in [0.25, 0.3) is 0 Å². The van der Waals surface area contributed by atoms with Gasteiger partial charge in [-0.05, 0) is 26.0 Å². The molecule has 0 saturated heterocycles. The van der Waals surface area contributed by atoms with Gasteiger partial charge in [0.1, 0.15) is 12.0 Å². The third-order valence-electron chi connectivity index (χ3n) is 3.58. The van der Waals surface area contributed by atoms with Crippen LogP contribution in [0.15, 0.2) is 36.7 Å². The van der Waals surface area contributed by atoms with Crippen LogP contribution in [-0.2, 0) is 0 Å². The smallest absolute Gasteiger partial charge is 0.188 e. The quantitative estimate of drug-likeness (QED) is 0.762. The Kier molecular flexibility index (Phi) is 4.12. The monoisotopic (exact) mass is 326 g/mol. The van der Waals surface area contributed by atoms with E-state index in [0.29, 0.717) is 17.3 Å². The number of aryl methyl sites for hydroxylation is 2. The molecule has 0 amide bonds. The first-order valence-electron chi connectivity index (χ1n) is 7.16. The van der Waals surface area contributed by atoms with E-state index in [-0.39, 0.29) is 0 Å². The normalized spacial score (nSPS) is 10.6. The maximum Gasteiger partial charge on any atom is 0.188 e. The molecule has 0 aliphatic heterocycles. The molecule has 7 heteroatoms. The summed E-state index contributed by atoms with van der Waals surface area (Å²) in [6.45, 7) is 4.02. The zero-order valence-electron chi connectivity index (χ0n) is 13.2. The second kappa shape index (κ2) is 6.21. The number of nitrogens with zero attached hydrogens (tertiary/aromatic N) is 4. The zero-order chi connectivity index (χ0) is 16.4. The van der Waals surface area contributed by atoms with Crippen LogP contribution in [0.3, 0.4) is 0 Å². The average molecular weight is 326 g/mol. The van der Waals surface area contributed by atoms with Gasteiger partial charge < -0.3 is 16.0 Å². The molecular formula is C16H18N6S. The Morgan fingerprint density at radius 1 is 1.13 bits per heavy atom. The van der Waals surface area contributed by atoms with Crippen molar-refractivity contribution in [1.29, 1.82) is 0 Å². The van der Waals surface area contributed by atoms with Gasteiger partial charge in [-0.3, -0.25) is 0 Å². The van der Waals surface area contributed by atoms with Gasteiger partial charge in [0.2, 0.25) is 0 Å². The molecule has 3 rings (SSSR count). The first-order valence-corrected chi connectivity index (χ1v) is 7.98. The summed E-state index contributed by atoms with van der Waals surface area (Å²) < 4.78 is 0. The van der Waals surface area contributed by atoms with Crippen molar-refractivity contribution in [2.24, 2.45) is 0 Å². The average Bonchev–Trinajstić information content (AvgIpc) is 2.87. The molecule has 2 aromatic heterocycles. The highest BCUT2D eigenvalue weighted by atomic mass is 32.1. The fraction of sp³-hybridized carbons (Fsp3) is 0.188. The van der Waals surface area contributed by atoms with E-state index >= 15 is 0 Å². The number of para-hydroxylation sites is 1. The SMILES string of the molecule is Cc1nc(Nc2ncnc(N(C)c3ccccc3)c2N)sc1C. The summed E-state index contributed by atoms with van der Waals surface area (Å²) in [5.41, 5.74) is 8.76. The van der Waals surface area contributed by atoms with Gasteiger partial charge in [-0.25, -0.2) is 15.0 Å². The van der Waals surface area contributed by atoms with Crippen LogP contribution >= 0.6 is 11.3 Å². The summed E-state index contributed by atoms with van der Waals surface area (Å²) in [6.07, 6.45) is 1.50. The minimum atomic E-state index is 0.490. The van der Waals surface area contributed by atoms with Gasteiger partial charge in [-0.2, -0.15) is 0 Å². The van der Waals surface area contributed by atoms with E-state index in [0.717, 1.165) is 16.5 Å².